The summed E-state index contributed by atoms with van der Waals surface area (Å²) in [6, 6.07) is 9.53. The predicted molar refractivity (Wildman–Crippen MR) is 62.2 cm³/mol. The van der Waals surface area contributed by atoms with E-state index in [2.05, 4.69) is 9.98 Å². The molecular formula is C10H13N5. The normalized spacial score (nSPS) is 10.9. The molecule has 0 amide bonds. The Balaban J connectivity index is 2.86. The van der Waals surface area contributed by atoms with Crippen molar-refractivity contribution in [1.82, 2.24) is 0 Å². The minimum absolute atomic E-state index is 0.162. The molecule has 0 unspecified atom stereocenters. The minimum atomic E-state index is -0.198. The molecule has 5 N–H and O–H groups in total. The average Bonchev–Trinajstić information content (AvgIpc) is 2.17. The van der Waals surface area contributed by atoms with Gasteiger partial charge in [0.05, 0.1) is 0 Å². The van der Waals surface area contributed by atoms with Gasteiger partial charge in [0, 0.05) is 5.71 Å². The van der Waals surface area contributed by atoms with E-state index in [1.807, 2.05) is 30.3 Å². The number of hydrogen-bond acceptors (Lipinski definition) is 1. The Morgan fingerprint density at radius 1 is 1.13 bits per heavy atom. The van der Waals surface area contributed by atoms with Crippen molar-refractivity contribution in [2.75, 3.05) is 0 Å². The molecule has 1 aromatic rings. The van der Waals surface area contributed by atoms with E-state index < -0.39 is 0 Å². The maximum Gasteiger partial charge on any atom is 0.245 e. The molecule has 5 heteroatoms. The molecule has 0 atom stereocenters. The summed E-state index contributed by atoms with van der Waals surface area (Å²) < 4.78 is 0. The zero-order chi connectivity index (χ0) is 11.3. The van der Waals surface area contributed by atoms with Crippen LogP contribution in [0.4, 0.5) is 0 Å². The fraction of sp³-hybridized carbons (Fsp3) is 0.100. The highest BCUT2D eigenvalue weighted by molar-refractivity contribution is 6.06. The van der Waals surface area contributed by atoms with Gasteiger partial charge in [-0.2, -0.15) is 4.99 Å². The van der Waals surface area contributed by atoms with Gasteiger partial charge in [0.15, 0.2) is 5.96 Å². The number of nitrogens with zero attached hydrogens (tertiary/aromatic N) is 2. The van der Waals surface area contributed by atoms with Crippen LogP contribution in [0.5, 0.6) is 0 Å². The Kier molecular flexibility index (Phi) is 3.56. The monoisotopic (exact) mass is 203 g/mol. The van der Waals surface area contributed by atoms with Crippen molar-refractivity contribution in [3.8, 4) is 0 Å². The smallest absolute Gasteiger partial charge is 0.245 e. The largest absolute Gasteiger partial charge is 0.370 e. The standard InChI is InChI=1S/C10H13N5/c1-7(8-5-3-2-4-6-8)14-10(13)15-9(11)12/h2-6H,1H3,(H5,11,12,13,15). The first-order chi connectivity index (χ1) is 7.09. The number of guanidine groups is 2. The molecule has 0 spiro atoms. The number of nitrogens with one attached hydrogen (secondary N) is 1. The van der Waals surface area contributed by atoms with E-state index in [1.165, 1.54) is 0 Å². The summed E-state index contributed by atoms with van der Waals surface area (Å²) in [5.41, 5.74) is 11.9. The molecule has 15 heavy (non-hydrogen) atoms. The lowest BCUT2D eigenvalue weighted by Crippen LogP contribution is -2.23. The van der Waals surface area contributed by atoms with Crippen LogP contribution in [0, 0.1) is 5.41 Å². The number of nitrogens with two attached hydrogens (primary N) is 2. The van der Waals surface area contributed by atoms with E-state index in [0.29, 0.717) is 5.71 Å². The fourth-order valence-electron chi connectivity index (χ4n) is 1.05. The summed E-state index contributed by atoms with van der Waals surface area (Å²) in [6.45, 7) is 1.80. The Bertz CT molecular complexity index is 401. The summed E-state index contributed by atoms with van der Waals surface area (Å²) in [5.74, 6) is -0.360. The second kappa shape index (κ2) is 4.90. The van der Waals surface area contributed by atoms with Crippen LogP contribution in [0.3, 0.4) is 0 Å². The van der Waals surface area contributed by atoms with Crippen molar-refractivity contribution in [3.63, 3.8) is 0 Å². The Morgan fingerprint density at radius 2 is 1.73 bits per heavy atom. The quantitative estimate of drug-likeness (QED) is 0.462. The van der Waals surface area contributed by atoms with Gasteiger partial charge in [-0.15, -0.1) is 0 Å². The number of aliphatic imine (C=N–C) groups is 2. The van der Waals surface area contributed by atoms with Gasteiger partial charge in [-0.3, -0.25) is 5.41 Å². The van der Waals surface area contributed by atoms with Crippen molar-refractivity contribution >= 4 is 17.6 Å². The molecule has 0 bridgehead atoms. The highest BCUT2D eigenvalue weighted by atomic mass is 15.1. The number of benzene rings is 1. The molecule has 0 radical (unpaired) electrons. The second-order valence-corrected chi connectivity index (χ2v) is 2.92. The number of hydrogen-bond donors (Lipinski definition) is 3. The van der Waals surface area contributed by atoms with Crippen LogP contribution in [0.15, 0.2) is 40.3 Å². The summed E-state index contributed by atoms with van der Waals surface area (Å²) in [5, 5.41) is 7.36. The van der Waals surface area contributed by atoms with Crippen molar-refractivity contribution in [3.05, 3.63) is 35.9 Å². The molecule has 0 aromatic heterocycles. The average molecular weight is 203 g/mol. The van der Waals surface area contributed by atoms with Gasteiger partial charge in [-0.1, -0.05) is 30.3 Å². The van der Waals surface area contributed by atoms with Crippen LogP contribution in [0.1, 0.15) is 12.5 Å². The first-order valence-corrected chi connectivity index (χ1v) is 4.38. The lowest BCUT2D eigenvalue weighted by atomic mass is 10.1. The van der Waals surface area contributed by atoms with Crippen LogP contribution in [-0.4, -0.2) is 17.6 Å². The van der Waals surface area contributed by atoms with Gasteiger partial charge < -0.3 is 11.5 Å². The van der Waals surface area contributed by atoms with Crippen LogP contribution < -0.4 is 11.5 Å². The third kappa shape index (κ3) is 3.60. The molecule has 78 valence electrons. The molecule has 1 aromatic carbocycles. The molecule has 0 saturated heterocycles. The zero-order valence-electron chi connectivity index (χ0n) is 8.44. The summed E-state index contributed by atoms with van der Waals surface area (Å²) in [7, 11) is 0. The van der Waals surface area contributed by atoms with Gasteiger partial charge in [-0.25, -0.2) is 4.99 Å². The van der Waals surface area contributed by atoms with Crippen molar-refractivity contribution in [2.24, 2.45) is 21.5 Å². The maximum absolute atomic E-state index is 7.36. The first kappa shape index (κ1) is 10.9. The molecule has 0 aliphatic carbocycles. The van der Waals surface area contributed by atoms with E-state index in [0.717, 1.165) is 5.56 Å². The molecule has 0 heterocycles. The highest BCUT2D eigenvalue weighted by Gasteiger charge is 1.97. The van der Waals surface area contributed by atoms with Crippen LogP contribution >= 0.6 is 0 Å². The lowest BCUT2D eigenvalue weighted by molar-refractivity contribution is 1.34. The van der Waals surface area contributed by atoms with Gasteiger partial charge in [0.1, 0.15) is 0 Å². The molecule has 1 rings (SSSR count). The number of rotatable bonds is 1. The van der Waals surface area contributed by atoms with E-state index in [-0.39, 0.29) is 11.9 Å². The van der Waals surface area contributed by atoms with Crippen LogP contribution in [-0.2, 0) is 0 Å². The Morgan fingerprint density at radius 3 is 2.27 bits per heavy atom. The van der Waals surface area contributed by atoms with Gasteiger partial charge in [0.25, 0.3) is 0 Å². The SMILES string of the molecule is CC(=NC(=N)N=C(N)N)c1ccccc1. The van der Waals surface area contributed by atoms with E-state index in [9.17, 15) is 0 Å². The second-order valence-electron chi connectivity index (χ2n) is 2.92. The van der Waals surface area contributed by atoms with Crippen LogP contribution in [0.25, 0.3) is 0 Å². The summed E-state index contributed by atoms with van der Waals surface area (Å²) in [6.07, 6.45) is 0. The highest BCUT2D eigenvalue weighted by Crippen LogP contribution is 2.01. The third-order valence-corrected chi connectivity index (χ3v) is 1.70. The molecule has 5 nitrogen and oxygen atoms in total. The predicted octanol–water partition coefficient (Wildman–Crippen LogP) is 0.704. The van der Waals surface area contributed by atoms with Crippen molar-refractivity contribution in [1.29, 1.82) is 5.41 Å². The molecular weight excluding hydrogens is 190 g/mol. The van der Waals surface area contributed by atoms with E-state index in [1.54, 1.807) is 6.92 Å². The topological polar surface area (TPSA) is 101 Å². The van der Waals surface area contributed by atoms with Gasteiger partial charge in [-0.05, 0) is 12.5 Å². The Labute approximate surface area is 88.0 Å². The first-order valence-electron chi connectivity index (χ1n) is 4.38. The zero-order valence-corrected chi connectivity index (χ0v) is 8.44. The van der Waals surface area contributed by atoms with Crippen molar-refractivity contribution in [2.45, 2.75) is 6.92 Å². The Hall–Kier alpha value is -2.17. The van der Waals surface area contributed by atoms with Gasteiger partial charge in [0.2, 0.25) is 5.96 Å². The molecule has 0 aliphatic heterocycles. The summed E-state index contributed by atoms with van der Waals surface area (Å²) >= 11 is 0. The summed E-state index contributed by atoms with van der Waals surface area (Å²) in [4.78, 5) is 7.45. The fourth-order valence-corrected chi connectivity index (χ4v) is 1.05. The third-order valence-electron chi connectivity index (χ3n) is 1.70. The van der Waals surface area contributed by atoms with E-state index in [4.69, 9.17) is 16.9 Å². The van der Waals surface area contributed by atoms with Crippen molar-refractivity contribution < 1.29 is 0 Å². The molecule has 0 fully saturated rings. The molecule has 0 aliphatic rings. The maximum atomic E-state index is 7.36. The van der Waals surface area contributed by atoms with Gasteiger partial charge >= 0.3 is 0 Å². The van der Waals surface area contributed by atoms with Crippen LogP contribution in [0.2, 0.25) is 0 Å². The molecule has 0 saturated carbocycles. The lowest BCUT2D eigenvalue weighted by Gasteiger charge is -1.99. The van der Waals surface area contributed by atoms with E-state index >= 15 is 0 Å². The minimum Gasteiger partial charge on any atom is -0.370 e.